The van der Waals surface area contributed by atoms with Crippen molar-refractivity contribution >= 4 is 11.3 Å². The number of aromatic nitrogens is 1. The highest BCUT2D eigenvalue weighted by Crippen LogP contribution is 2.14. The maximum absolute atomic E-state index is 13.6. The molecule has 0 saturated carbocycles. The van der Waals surface area contributed by atoms with Gasteiger partial charge in [0.15, 0.2) is 0 Å². The Morgan fingerprint density at radius 1 is 1.35 bits per heavy atom. The van der Waals surface area contributed by atoms with Gasteiger partial charge in [-0.1, -0.05) is 23.2 Å². The summed E-state index contributed by atoms with van der Waals surface area (Å²) < 4.78 is 15.2. The molecule has 0 amide bonds. The molecule has 0 radical (unpaired) electrons. The normalized spacial score (nSPS) is 10.2. The number of hydrogen-bond donors (Lipinski definition) is 1. The fourth-order valence-corrected chi connectivity index (χ4v) is 2.75. The smallest absolute Gasteiger partial charge is 0.307 e. The van der Waals surface area contributed by atoms with Gasteiger partial charge in [-0.2, -0.15) is 0 Å². The minimum atomic E-state index is -0.360. The molecule has 2 aromatic rings. The topological polar surface area (TPSA) is 48.0 Å². The number of aryl methyl sites for hydroxylation is 1. The van der Waals surface area contributed by atoms with E-state index in [-0.39, 0.29) is 17.2 Å². The van der Waals surface area contributed by atoms with Crippen LogP contribution in [0.2, 0.25) is 0 Å². The molecule has 0 aliphatic rings. The number of rotatable bonds is 2. The van der Waals surface area contributed by atoms with Crippen LogP contribution in [0.1, 0.15) is 21.7 Å². The van der Waals surface area contributed by atoms with Gasteiger partial charge in [0.25, 0.3) is 0 Å². The summed E-state index contributed by atoms with van der Waals surface area (Å²) in [5.41, 5.74) is 7.51. The molecule has 3 nitrogen and oxygen atoms in total. The predicted octanol–water partition coefficient (Wildman–Crippen LogP) is 2.02. The van der Waals surface area contributed by atoms with Crippen molar-refractivity contribution in [1.29, 1.82) is 0 Å². The quantitative estimate of drug-likeness (QED) is 0.860. The summed E-state index contributed by atoms with van der Waals surface area (Å²) >= 11 is 1.21. The van der Waals surface area contributed by atoms with E-state index in [1.54, 1.807) is 10.6 Å². The van der Waals surface area contributed by atoms with Crippen LogP contribution in [0.5, 0.6) is 0 Å². The van der Waals surface area contributed by atoms with Gasteiger partial charge in [-0.15, -0.1) is 0 Å². The van der Waals surface area contributed by atoms with Crippen molar-refractivity contribution < 1.29 is 4.39 Å². The van der Waals surface area contributed by atoms with E-state index in [4.69, 9.17) is 5.73 Å². The number of benzene rings is 1. The second kappa shape index (κ2) is 6.04. The van der Waals surface area contributed by atoms with Crippen molar-refractivity contribution in [3.8, 4) is 11.8 Å². The van der Waals surface area contributed by atoms with E-state index < -0.39 is 0 Å². The lowest BCUT2D eigenvalue weighted by molar-refractivity contribution is 0.622. The molecular weight excluding hydrogens is 275 g/mol. The molecule has 0 bridgehead atoms. The maximum atomic E-state index is 13.6. The van der Waals surface area contributed by atoms with Crippen LogP contribution in [0.4, 0.5) is 4.39 Å². The zero-order valence-corrected chi connectivity index (χ0v) is 12.2. The first kappa shape index (κ1) is 14.5. The van der Waals surface area contributed by atoms with Gasteiger partial charge < -0.3 is 5.73 Å². The molecular formula is C15H15FN2OS. The molecule has 0 saturated heterocycles. The molecule has 0 atom stereocenters. The van der Waals surface area contributed by atoms with Crippen LogP contribution in [0, 0.1) is 31.5 Å². The third kappa shape index (κ3) is 3.16. The number of nitrogens with two attached hydrogens (primary N) is 1. The van der Waals surface area contributed by atoms with Crippen molar-refractivity contribution in [2.45, 2.75) is 20.4 Å². The van der Waals surface area contributed by atoms with E-state index in [2.05, 4.69) is 11.8 Å². The zero-order valence-electron chi connectivity index (χ0n) is 11.4. The lowest BCUT2D eigenvalue weighted by atomic mass is 10.1. The first-order valence-electron chi connectivity index (χ1n) is 6.16. The fraction of sp³-hybridized carbons (Fsp3) is 0.267. The third-order valence-corrected chi connectivity index (χ3v) is 4.00. The first-order chi connectivity index (χ1) is 9.51. The van der Waals surface area contributed by atoms with Gasteiger partial charge in [0, 0.05) is 16.1 Å². The Kier molecular flexibility index (Phi) is 4.38. The SMILES string of the molecule is Cc1sc(=O)n(Cc2cc(F)cc(C#CCN)c2)c1C. The lowest BCUT2D eigenvalue weighted by Crippen LogP contribution is -2.15. The highest BCUT2D eigenvalue weighted by atomic mass is 32.1. The van der Waals surface area contributed by atoms with Crippen molar-refractivity contribution in [3.63, 3.8) is 0 Å². The van der Waals surface area contributed by atoms with E-state index in [1.165, 1.54) is 23.5 Å². The highest BCUT2D eigenvalue weighted by molar-refractivity contribution is 7.09. The number of nitrogens with zero attached hydrogens (tertiary/aromatic N) is 1. The summed E-state index contributed by atoms with van der Waals surface area (Å²) in [6.45, 7) is 4.38. The number of halogens is 1. The van der Waals surface area contributed by atoms with E-state index in [9.17, 15) is 9.18 Å². The summed E-state index contributed by atoms with van der Waals surface area (Å²) in [5.74, 6) is 5.14. The second-order valence-electron chi connectivity index (χ2n) is 4.45. The molecule has 0 unspecified atom stereocenters. The second-order valence-corrected chi connectivity index (χ2v) is 5.62. The molecule has 0 aliphatic heterocycles. The van der Waals surface area contributed by atoms with Crippen LogP contribution in [0.15, 0.2) is 23.0 Å². The largest absolute Gasteiger partial charge is 0.320 e. The number of thiazole rings is 1. The molecule has 0 aliphatic carbocycles. The van der Waals surface area contributed by atoms with Crippen molar-refractivity contribution in [1.82, 2.24) is 4.57 Å². The average Bonchev–Trinajstić information content (AvgIpc) is 2.62. The van der Waals surface area contributed by atoms with E-state index in [1.807, 2.05) is 13.8 Å². The molecule has 1 aromatic carbocycles. The Morgan fingerprint density at radius 3 is 2.70 bits per heavy atom. The average molecular weight is 290 g/mol. The minimum Gasteiger partial charge on any atom is -0.320 e. The van der Waals surface area contributed by atoms with Gasteiger partial charge in [-0.3, -0.25) is 9.36 Å². The lowest BCUT2D eigenvalue weighted by Gasteiger charge is -2.06. The summed E-state index contributed by atoms with van der Waals surface area (Å²) in [6, 6.07) is 4.57. The molecule has 2 rings (SSSR count). The minimum absolute atomic E-state index is 0.0288. The van der Waals surface area contributed by atoms with Gasteiger partial charge in [0.05, 0.1) is 13.1 Å². The highest BCUT2D eigenvalue weighted by Gasteiger charge is 2.09. The Morgan fingerprint density at radius 2 is 2.10 bits per heavy atom. The molecule has 0 fully saturated rings. The summed E-state index contributed by atoms with van der Waals surface area (Å²) in [4.78, 5) is 12.8. The zero-order chi connectivity index (χ0) is 14.7. The molecule has 20 heavy (non-hydrogen) atoms. The van der Waals surface area contributed by atoms with Crippen LogP contribution < -0.4 is 10.6 Å². The van der Waals surface area contributed by atoms with Crippen molar-refractivity contribution in [3.05, 3.63) is 55.4 Å². The van der Waals surface area contributed by atoms with Crippen molar-refractivity contribution in [2.75, 3.05) is 6.54 Å². The van der Waals surface area contributed by atoms with Gasteiger partial charge >= 0.3 is 4.87 Å². The fourth-order valence-electron chi connectivity index (χ4n) is 1.92. The van der Waals surface area contributed by atoms with E-state index in [0.29, 0.717) is 17.7 Å². The Hall–Kier alpha value is -1.90. The molecule has 104 valence electrons. The van der Waals surface area contributed by atoms with Crippen LogP contribution >= 0.6 is 11.3 Å². The standard InChI is InChI=1S/C15H15FN2OS/c1-10-11(2)20-15(19)18(10)9-13-6-12(4-3-5-17)7-14(16)8-13/h6-8H,5,9,17H2,1-2H3. The van der Waals surface area contributed by atoms with Gasteiger partial charge in [0.1, 0.15) is 5.82 Å². The van der Waals surface area contributed by atoms with Crippen LogP contribution in [-0.4, -0.2) is 11.1 Å². The molecule has 1 aromatic heterocycles. The summed E-state index contributed by atoms with van der Waals surface area (Å²) in [7, 11) is 0. The maximum Gasteiger partial charge on any atom is 0.307 e. The van der Waals surface area contributed by atoms with Crippen LogP contribution in [-0.2, 0) is 6.54 Å². The Labute approximate surface area is 120 Å². The van der Waals surface area contributed by atoms with Gasteiger partial charge in [-0.25, -0.2) is 4.39 Å². The molecule has 1 heterocycles. The Balaban J connectivity index is 2.38. The number of hydrogen-bond acceptors (Lipinski definition) is 3. The first-order valence-corrected chi connectivity index (χ1v) is 6.98. The summed E-state index contributed by atoms with van der Waals surface area (Å²) in [6.07, 6.45) is 0. The third-order valence-electron chi connectivity index (χ3n) is 3.01. The van der Waals surface area contributed by atoms with Gasteiger partial charge in [0.2, 0.25) is 0 Å². The Bertz CT molecular complexity index is 749. The van der Waals surface area contributed by atoms with Crippen molar-refractivity contribution in [2.24, 2.45) is 5.73 Å². The van der Waals surface area contributed by atoms with E-state index >= 15 is 0 Å². The molecule has 0 spiro atoms. The predicted molar refractivity (Wildman–Crippen MR) is 79.5 cm³/mol. The monoisotopic (exact) mass is 290 g/mol. The van der Waals surface area contributed by atoms with E-state index in [0.717, 1.165) is 10.6 Å². The van der Waals surface area contributed by atoms with Crippen LogP contribution in [0.3, 0.4) is 0 Å². The molecule has 5 heteroatoms. The summed E-state index contributed by atoms with van der Waals surface area (Å²) in [5, 5.41) is 0. The van der Waals surface area contributed by atoms with Gasteiger partial charge in [-0.05, 0) is 37.6 Å². The molecule has 2 N–H and O–H groups in total. The van der Waals surface area contributed by atoms with Crippen LogP contribution in [0.25, 0.3) is 0 Å².